The molecule has 3 fully saturated rings. The molecule has 5 aromatic rings. The number of fused-ring (bicyclic) bond motifs is 1. The molecule has 8 rings (SSSR count). The van der Waals surface area contributed by atoms with Crippen LogP contribution >= 0.6 is 0 Å². The molecule has 54 heavy (non-hydrogen) atoms. The molecule has 2 aliphatic heterocycles. The third kappa shape index (κ3) is 8.32. The first-order chi connectivity index (χ1) is 26.3. The van der Waals surface area contributed by atoms with Crippen LogP contribution in [0.1, 0.15) is 83.5 Å². The summed E-state index contributed by atoms with van der Waals surface area (Å²) in [5, 5.41) is 6.14. The lowest BCUT2D eigenvalue weighted by atomic mass is 9.91. The minimum absolute atomic E-state index is 0.0305. The summed E-state index contributed by atoms with van der Waals surface area (Å²) in [6.45, 7) is 7.76. The van der Waals surface area contributed by atoms with E-state index in [1.165, 1.54) is 44.3 Å². The fraction of sp³-hybridized carbons (Fsp3) is 0.395. The maximum absolute atomic E-state index is 14.4. The Kier molecular flexibility index (Phi) is 10.7. The molecule has 280 valence electrons. The van der Waals surface area contributed by atoms with Crippen LogP contribution in [-0.4, -0.2) is 80.3 Å². The number of imidazole rings is 1. The highest BCUT2D eigenvalue weighted by Crippen LogP contribution is 2.30. The first-order valence-corrected chi connectivity index (χ1v) is 19.4. The van der Waals surface area contributed by atoms with Crippen molar-refractivity contribution in [1.82, 2.24) is 34.8 Å². The average molecular weight is 730 g/mol. The lowest BCUT2D eigenvalue weighted by molar-refractivity contribution is 0.0888. The molecule has 2 amide bonds. The van der Waals surface area contributed by atoms with Gasteiger partial charge in [0, 0.05) is 36.6 Å². The van der Waals surface area contributed by atoms with Crippen molar-refractivity contribution in [3.05, 3.63) is 114 Å². The molecule has 0 atom stereocenters. The van der Waals surface area contributed by atoms with Crippen LogP contribution < -0.4 is 15.4 Å². The summed E-state index contributed by atoms with van der Waals surface area (Å²) in [5.41, 5.74) is 5.47. The van der Waals surface area contributed by atoms with E-state index in [-0.39, 0.29) is 29.4 Å². The number of carbonyl (C=O) groups is 2. The van der Waals surface area contributed by atoms with Crippen LogP contribution in [0.3, 0.4) is 0 Å². The van der Waals surface area contributed by atoms with Gasteiger partial charge in [-0.25, -0.2) is 14.4 Å². The number of aryl methyl sites for hydroxylation is 1. The van der Waals surface area contributed by atoms with Crippen LogP contribution in [0, 0.1) is 12.7 Å². The Morgan fingerprint density at radius 2 is 1.52 bits per heavy atom. The van der Waals surface area contributed by atoms with E-state index < -0.39 is 11.7 Å². The minimum Gasteiger partial charge on any atom is -0.438 e. The summed E-state index contributed by atoms with van der Waals surface area (Å²) in [6.07, 6.45) is 10.7. The van der Waals surface area contributed by atoms with E-state index >= 15 is 0 Å². The van der Waals surface area contributed by atoms with Crippen molar-refractivity contribution in [3.63, 3.8) is 0 Å². The molecule has 10 nitrogen and oxygen atoms in total. The van der Waals surface area contributed by atoms with Crippen molar-refractivity contribution in [3.8, 4) is 22.8 Å². The van der Waals surface area contributed by atoms with Crippen molar-refractivity contribution >= 4 is 17.5 Å². The molecule has 0 unspecified atom stereocenters. The van der Waals surface area contributed by atoms with Crippen LogP contribution in [-0.2, 0) is 6.54 Å². The van der Waals surface area contributed by atoms with Crippen LogP contribution in [0.2, 0.25) is 0 Å². The van der Waals surface area contributed by atoms with E-state index in [1.54, 1.807) is 12.3 Å². The SMILES string of the molecule is Cc1cccc2nc(C(=O)NC3CCC(NC(=O)c4cc(F)cnc4Oc4cccc(-c5ccc(CN6CCC(N7CCCC7)CC6)cc5)c4)CC3)cn12. The van der Waals surface area contributed by atoms with Gasteiger partial charge in [-0.05, 0) is 131 Å². The van der Waals surface area contributed by atoms with E-state index in [1.807, 2.05) is 47.7 Å². The van der Waals surface area contributed by atoms with Gasteiger partial charge < -0.3 is 24.7 Å². The first kappa shape index (κ1) is 35.9. The molecule has 11 heteroatoms. The molecule has 2 saturated heterocycles. The summed E-state index contributed by atoms with van der Waals surface area (Å²) in [7, 11) is 0. The Hall–Kier alpha value is -5.13. The Bertz CT molecular complexity index is 2100. The molecule has 0 bridgehead atoms. The smallest absolute Gasteiger partial charge is 0.271 e. The largest absolute Gasteiger partial charge is 0.438 e. The van der Waals surface area contributed by atoms with E-state index in [0.717, 1.165) is 60.4 Å². The molecule has 1 saturated carbocycles. The topological polar surface area (TPSA) is 104 Å². The Morgan fingerprint density at radius 3 is 2.24 bits per heavy atom. The lowest BCUT2D eigenvalue weighted by Crippen LogP contribution is -2.44. The third-order valence-corrected chi connectivity index (χ3v) is 11.3. The van der Waals surface area contributed by atoms with E-state index in [0.29, 0.717) is 37.1 Å². The van der Waals surface area contributed by atoms with Crippen molar-refractivity contribution < 1.29 is 18.7 Å². The molecular weight excluding hydrogens is 682 g/mol. The Morgan fingerprint density at radius 1 is 0.815 bits per heavy atom. The van der Waals surface area contributed by atoms with Gasteiger partial charge in [0.1, 0.15) is 28.5 Å². The number of hydrogen-bond donors (Lipinski definition) is 2. The number of amides is 2. The van der Waals surface area contributed by atoms with Gasteiger partial charge in [0.15, 0.2) is 0 Å². The van der Waals surface area contributed by atoms with Gasteiger partial charge in [0.05, 0.1) is 6.20 Å². The second kappa shape index (κ2) is 16.1. The van der Waals surface area contributed by atoms with Crippen molar-refractivity contribution in [2.75, 3.05) is 26.2 Å². The van der Waals surface area contributed by atoms with E-state index in [9.17, 15) is 14.0 Å². The van der Waals surface area contributed by atoms with Crippen LogP contribution in [0.4, 0.5) is 4.39 Å². The summed E-state index contributed by atoms with van der Waals surface area (Å²) in [4.78, 5) is 40.3. The number of piperidine rings is 1. The van der Waals surface area contributed by atoms with Gasteiger partial charge in [0.2, 0.25) is 5.88 Å². The normalized spacial score (nSPS) is 19.9. The monoisotopic (exact) mass is 729 g/mol. The molecule has 1 aliphatic carbocycles. The number of likely N-dealkylation sites (tertiary alicyclic amines) is 2. The van der Waals surface area contributed by atoms with E-state index in [4.69, 9.17) is 4.74 Å². The van der Waals surface area contributed by atoms with Gasteiger partial charge in [-0.1, -0.05) is 42.5 Å². The maximum Gasteiger partial charge on any atom is 0.271 e. The maximum atomic E-state index is 14.4. The second-order valence-electron chi connectivity index (χ2n) is 15.1. The molecule has 0 radical (unpaired) electrons. The highest BCUT2D eigenvalue weighted by molar-refractivity contribution is 5.96. The number of ether oxygens (including phenoxy) is 1. The van der Waals surface area contributed by atoms with Crippen LogP contribution in [0.25, 0.3) is 16.8 Å². The van der Waals surface area contributed by atoms with Crippen molar-refractivity contribution in [1.29, 1.82) is 0 Å². The highest BCUT2D eigenvalue weighted by atomic mass is 19.1. The zero-order valence-electron chi connectivity index (χ0n) is 30.8. The number of rotatable bonds is 10. The number of aromatic nitrogens is 3. The fourth-order valence-electron chi connectivity index (χ4n) is 8.29. The highest BCUT2D eigenvalue weighted by Gasteiger charge is 2.28. The van der Waals surface area contributed by atoms with Gasteiger partial charge in [-0.3, -0.25) is 14.5 Å². The number of halogens is 1. The quantitative estimate of drug-likeness (QED) is 0.157. The third-order valence-electron chi connectivity index (χ3n) is 11.3. The number of hydrogen-bond acceptors (Lipinski definition) is 7. The first-order valence-electron chi connectivity index (χ1n) is 19.4. The number of carbonyl (C=O) groups excluding carboxylic acids is 2. The summed E-state index contributed by atoms with van der Waals surface area (Å²) in [5.74, 6) is -0.735. The van der Waals surface area contributed by atoms with Gasteiger partial charge in [0.25, 0.3) is 11.8 Å². The number of benzene rings is 2. The second-order valence-corrected chi connectivity index (χ2v) is 15.1. The Labute approximate surface area is 315 Å². The van der Waals surface area contributed by atoms with Crippen LogP contribution in [0.5, 0.6) is 11.6 Å². The Balaban J connectivity index is 0.847. The average Bonchev–Trinajstić information content (AvgIpc) is 3.89. The summed E-state index contributed by atoms with van der Waals surface area (Å²) < 4.78 is 22.5. The number of nitrogens with one attached hydrogen (secondary N) is 2. The van der Waals surface area contributed by atoms with Gasteiger partial charge in [-0.2, -0.15) is 0 Å². The fourth-order valence-corrected chi connectivity index (χ4v) is 8.29. The zero-order valence-corrected chi connectivity index (χ0v) is 30.8. The summed E-state index contributed by atoms with van der Waals surface area (Å²) in [6, 6.07) is 23.8. The van der Waals surface area contributed by atoms with Crippen LogP contribution in [0.15, 0.2) is 85.2 Å². The number of nitrogens with zero attached hydrogens (tertiary/aromatic N) is 5. The predicted octanol–water partition coefficient (Wildman–Crippen LogP) is 7.17. The standard InChI is InChI=1S/C43H48FN7O3/c1-29-6-4-9-40-48-39(28-51(29)40)42(53)47-35-16-14-34(15-17-35)46-41(52)38-25-33(44)26-45-43(38)54-37-8-5-7-32(24-37)31-12-10-30(11-13-31)27-49-22-18-36(19-23-49)50-20-2-3-21-50/h4-13,24-26,28,34-36H,2-3,14-23,27H2,1H3,(H,46,52)(H,47,53). The van der Waals surface area contributed by atoms with E-state index in [2.05, 4.69) is 54.7 Å². The van der Waals surface area contributed by atoms with Crippen molar-refractivity contribution in [2.45, 2.75) is 83.0 Å². The van der Waals surface area contributed by atoms with Gasteiger partial charge in [-0.15, -0.1) is 0 Å². The molecule has 2 N–H and O–H groups in total. The zero-order chi connectivity index (χ0) is 37.0. The summed E-state index contributed by atoms with van der Waals surface area (Å²) >= 11 is 0. The molecule has 3 aliphatic rings. The predicted molar refractivity (Wildman–Crippen MR) is 206 cm³/mol. The molecule has 3 aromatic heterocycles. The molecule has 2 aromatic carbocycles. The number of pyridine rings is 2. The molecule has 5 heterocycles. The lowest BCUT2D eigenvalue weighted by Gasteiger charge is -2.36. The molecular formula is C43H48FN7O3. The van der Waals surface area contributed by atoms with Crippen molar-refractivity contribution in [2.24, 2.45) is 0 Å². The molecule has 0 spiro atoms. The minimum atomic E-state index is -0.620. The van der Waals surface area contributed by atoms with Gasteiger partial charge >= 0.3 is 0 Å².